The Hall–Kier alpha value is -5.55. The van der Waals surface area contributed by atoms with E-state index in [9.17, 15) is 0 Å². The quantitative estimate of drug-likeness (QED) is 0.236. The molecule has 188 valence electrons. The Kier molecular flexibility index (Phi) is 5.07. The van der Waals surface area contributed by atoms with Gasteiger partial charge in [0.25, 0.3) is 0 Å². The van der Waals surface area contributed by atoms with Gasteiger partial charge >= 0.3 is 0 Å². The average Bonchev–Trinajstić information content (AvgIpc) is 3.62. The second-order valence-electron chi connectivity index (χ2n) is 9.79. The third-order valence-corrected chi connectivity index (χ3v) is 7.41. The molecule has 4 aromatic heterocycles. The molecule has 0 saturated carbocycles. The lowest BCUT2D eigenvalue weighted by molar-refractivity contribution is 0.623. The molecule has 0 unspecified atom stereocenters. The minimum atomic E-state index is 0.625. The van der Waals surface area contributed by atoms with Crippen molar-refractivity contribution in [1.82, 2.24) is 19.5 Å². The van der Waals surface area contributed by atoms with Crippen LogP contribution in [0.1, 0.15) is 0 Å². The van der Waals surface area contributed by atoms with E-state index in [1.165, 1.54) is 0 Å². The number of pyridine rings is 2. The Morgan fingerprint density at radius 2 is 1.18 bits per heavy atom. The fraction of sp³-hybridized carbons (Fsp3) is 0. The number of aromatic nitrogens is 4. The highest BCUT2D eigenvalue weighted by Gasteiger charge is 2.19. The lowest BCUT2D eigenvalue weighted by Crippen LogP contribution is -1.96. The summed E-state index contributed by atoms with van der Waals surface area (Å²) in [6.07, 6.45) is 7.33. The molecule has 0 aliphatic heterocycles. The third-order valence-electron chi connectivity index (χ3n) is 7.41. The van der Waals surface area contributed by atoms with Crippen LogP contribution in [0.3, 0.4) is 0 Å². The Morgan fingerprint density at radius 3 is 1.88 bits per heavy atom. The topological polar surface area (TPSA) is 56.7 Å². The molecule has 4 heterocycles. The lowest BCUT2D eigenvalue weighted by Gasteiger charge is -2.14. The monoisotopic (exact) mass is 514 g/mol. The van der Waals surface area contributed by atoms with Crippen molar-refractivity contribution in [2.24, 2.45) is 0 Å². The fourth-order valence-electron chi connectivity index (χ4n) is 5.58. The molecule has 5 nitrogen and oxygen atoms in total. The zero-order valence-electron chi connectivity index (χ0n) is 21.4. The van der Waals surface area contributed by atoms with Gasteiger partial charge in [-0.15, -0.1) is 0 Å². The molecule has 0 N–H and O–H groups in total. The molecule has 8 rings (SSSR count). The summed E-state index contributed by atoms with van der Waals surface area (Å²) < 4.78 is 8.80. The van der Waals surface area contributed by atoms with E-state index in [0.717, 1.165) is 66.4 Å². The van der Waals surface area contributed by atoms with Gasteiger partial charge in [0.1, 0.15) is 5.52 Å². The van der Waals surface area contributed by atoms with Gasteiger partial charge < -0.3 is 8.98 Å². The SMILES string of the molecule is c1ccc(-c2nc3ccc4c(c5ccccc5n4-c4cc(-c5ccncc5)cc(-c5ccncc5)c4)c3o2)cc1. The van der Waals surface area contributed by atoms with Gasteiger partial charge in [0.15, 0.2) is 5.58 Å². The van der Waals surface area contributed by atoms with Crippen LogP contribution < -0.4 is 0 Å². The molecular weight excluding hydrogens is 492 g/mol. The van der Waals surface area contributed by atoms with Crippen LogP contribution in [0, 0.1) is 0 Å². The van der Waals surface area contributed by atoms with Crippen LogP contribution in [0.15, 0.2) is 138 Å². The van der Waals surface area contributed by atoms with E-state index in [0.29, 0.717) is 5.89 Å². The summed E-state index contributed by atoms with van der Waals surface area (Å²) in [4.78, 5) is 13.3. The number of nitrogens with zero attached hydrogens (tertiary/aromatic N) is 4. The second kappa shape index (κ2) is 9.03. The largest absolute Gasteiger partial charge is 0.435 e. The van der Waals surface area contributed by atoms with Crippen LogP contribution in [-0.2, 0) is 0 Å². The molecule has 4 aromatic carbocycles. The van der Waals surface area contributed by atoms with Gasteiger partial charge in [-0.1, -0.05) is 36.4 Å². The van der Waals surface area contributed by atoms with Gasteiger partial charge in [-0.2, -0.15) is 0 Å². The van der Waals surface area contributed by atoms with Crippen molar-refractivity contribution in [3.8, 4) is 39.4 Å². The van der Waals surface area contributed by atoms with Gasteiger partial charge in [-0.3, -0.25) is 9.97 Å². The van der Waals surface area contributed by atoms with Gasteiger partial charge in [-0.25, -0.2) is 4.98 Å². The maximum absolute atomic E-state index is 6.47. The van der Waals surface area contributed by atoms with E-state index >= 15 is 0 Å². The van der Waals surface area contributed by atoms with Crippen LogP contribution in [0.5, 0.6) is 0 Å². The minimum absolute atomic E-state index is 0.625. The average molecular weight is 515 g/mol. The second-order valence-corrected chi connectivity index (χ2v) is 9.79. The van der Waals surface area contributed by atoms with E-state index in [1.807, 2.05) is 79.4 Å². The van der Waals surface area contributed by atoms with Crippen LogP contribution in [0.2, 0.25) is 0 Å². The van der Waals surface area contributed by atoms with Crippen molar-refractivity contribution in [2.75, 3.05) is 0 Å². The predicted octanol–water partition coefficient (Wildman–Crippen LogP) is 8.72. The number of benzene rings is 4. The fourth-order valence-corrected chi connectivity index (χ4v) is 5.58. The third kappa shape index (κ3) is 3.60. The minimum Gasteiger partial charge on any atom is -0.435 e. The molecule has 0 spiro atoms. The predicted molar refractivity (Wildman–Crippen MR) is 160 cm³/mol. The lowest BCUT2D eigenvalue weighted by atomic mass is 9.99. The molecule has 40 heavy (non-hydrogen) atoms. The Labute approximate surface area is 230 Å². The Morgan fingerprint density at radius 1 is 0.525 bits per heavy atom. The van der Waals surface area contributed by atoms with Crippen molar-refractivity contribution >= 4 is 32.9 Å². The van der Waals surface area contributed by atoms with Gasteiger partial charge in [0.05, 0.1) is 16.4 Å². The number of fused-ring (bicyclic) bond motifs is 5. The maximum atomic E-state index is 6.47. The van der Waals surface area contributed by atoms with Crippen molar-refractivity contribution < 1.29 is 4.42 Å². The van der Waals surface area contributed by atoms with Crippen molar-refractivity contribution in [3.05, 3.63) is 134 Å². The molecule has 0 fully saturated rings. The van der Waals surface area contributed by atoms with Crippen LogP contribution in [0.25, 0.3) is 72.3 Å². The van der Waals surface area contributed by atoms with Crippen molar-refractivity contribution in [2.45, 2.75) is 0 Å². The summed E-state index contributed by atoms with van der Waals surface area (Å²) >= 11 is 0. The van der Waals surface area contributed by atoms with E-state index in [1.54, 1.807) is 0 Å². The number of hydrogen-bond donors (Lipinski definition) is 0. The standard InChI is InChI=1S/C35H22N4O/c1-2-6-25(7-3-1)35-38-30-10-11-32-33(34(30)40-35)29-8-4-5-9-31(29)39(32)28-21-26(23-12-16-36-17-13-23)20-27(22-28)24-14-18-37-19-15-24/h1-22H. The first-order valence-corrected chi connectivity index (χ1v) is 13.2. The Balaban J connectivity index is 1.43. The summed E-state index contributed by atoms with van der Waals surface area (Å²) in [6, 6.07) is 37.6. The van der Waals surface area contributed by atoms with Crippen LogP contribution in [0.4, 0.5) is 0 Å². The summed E-state index contributed by atoms with van der Waals surface area (Å²) in [6.45, 7) is 0. The first-order chi connectivity index (χ1) is 19.8. The van der Waals surface area contributed by atoms with Crippen LogP contribution >= 0.6 is 0 Å². The molecule has 8 aromatic rings. The zero-order valence-corrected chi connectivity index (χ0v) is 21.4. The van der Waals surface area contributed by atoms with E-state index < -0.39 is 0 Å². The molecule has 0 atom stereocenters. The number of para-hydroxylation sites is 1. The van der Waals surface area contributed by atoms with E-state index in [4.69, 9.17) is 9.40 Å². The molecular formula is C35H22N4O. The van der Waals surface area contributed by atoms with Gasteiger partial charge in [-0.05, 0) is 95.1 Å². The van der Waals surface area contributed by atoms with Gasteiger partial charge in [0.2, 0.25) is 5.89 Å². The van der Waals surface area contributed by atoms with Crippen molar-refractivity contribution in [1.29, 1.82) is 0 Å². The highest BCUT2D eigenvalue weighted by Crippen LogP contribution is 2.40. The number of rotatable bonds is 4. The van der Waals surface area contributed by atoms with Crippen LogP contribution in [-0.4, -0.2) is 19.5 Å². The molecule has 0 bridgehead atoms. The molecule has 0 aliphatic rings. The first-order valence-electron chi connectivity index (χ1n) is 13.2. The molecule has 0 saturated heterocycles. The van der Waals surface area contributed by atoms with Gasteiger partial charge in [0, 0.05) is 41.4 Å². The Bertz CT molecular complexity index is 2090. The molecule has 0 aliphatic carbocycles. The maximum Gasteiger partial charge on any atom is 0.227 e. The number of hydrogen-bond acceptors (Lipinski definition) is 4. The summed E-state index contributed by atoms with van der Waals surface area (Å²) in [5.74, 6) is 0.625. The zero-order chi connectivity index (χ0) is 26.5. The highest BCUT2D eigenvalue weighted by molar-refractivity contribution is 6.19. The van der Waals surface area contributed by atoms with E-state index in [-0.39, 0.29) is 0 Å². The number of oxazole rings is 1. The molecule has 0 amide bonds. The summed E-state index contributed by atoms with van der Waals surface area (Å²) in [7, 11) is 0. The van der Waals surface area contributed by atoms with E-state index in [2.05, 4.69) is 69.1 Å². The van der Waals surface area contributed by atoms with Crippen molar-refractivity contribution in [3.63, 3.8) is 0 Å². The normalized spacial score (nSPS) is 11.5. The smallest absolute Gasteiger partial charge is 0.227 e. The molecule has 0 radical (unpaired) electrons. The molecule has 5 heteroatoms. The highest BCUT2D eigenvalue weighted by atomic mass is 16.3. The summed E-state index contributed by atoms with van der Waals surface area (Å²) in [5.41, 5.74) is 10.3. The first kappa shape index (κ1) is 22.4. The summed E-state index contributed by atoms with van der Waals surface area (Å²) in [5, 5.41) is 2.18.